The first-order valence-electron chi connectivity index (χ1n) is 7.17. The fourth-order valence-electron chi connectivity index (χ4n) is 2.08. The molecule has 0 radical (unpaired) electrons. The summed E-state index contributed by atoms with van der Waals surface area (Å²) in [5, 5.41) is 13.4. The molecule has 1 aromatic carbocycles. The number of nitrogens with zero attached hydrogens (tertiary/aromatic N) is 3. The van der Waals surface area contributed by atoms with Crippen LogP contribution in [0.25, 0.3) is 0 Å². The van der Waals surface area contributed by atoms with Crippen LogP contribution < -0.4 is 4.72 Å². The summed E-state index contributed by atoms with van der Waals surface area (Å²) in [7, 11) is -3.65. The van der Waals surface area contributed by atoms with Crippen molar-refractivity contribution in [2.24, 2.45) is 0 Å². The zero-order chi connectivity index (χ0) is 17.3. The topological polar surface area (TPSA) is 87.8 Å². The van der Waals surface area contributed by atoms with Gasteiger partial charge in [-0.2, -0.15) is 10.4 Å². The Hall–Kier alpha value is -2.33. The zero-order valence-electron chi connectivity index (χ0n) is 13.7. The van der Waals surface area contributed by atoms with E-state index in [1.54, 1.807) is 16.9 Å². The van der Waals surface area contributed by atoms with Crippen LogP contribution in [0.5, 0.6) is 0 Å². The summed E-state index contributed by atoms with van der Waals surface area (Å²) in [6.45, 7) is 7.67. The van der Waals surface area contributed by atoms with Gasteiger partial charge in [0.15, 0.2) is 5.82 Å². The summed E-state index contributed by atoms with van der Waals surface area (Å²) in [5.41, 5.74) is 1.54. The van der Waals surface area contributed by atoms with Crippen LogP contribution >= 0.6 is 0 Å². The van der Waals surface area contributed by atoms with Crippen molar-refractivity contribution in [3.05, 3.63) is 47.2 Å². The predicted octanol–water partition coefficient (Wildman–Crippen LogP) is 2.76. The normalized spacial score (nSPS) is 12.0. The van der Waals surface area contributed by atoms with E-state index < -0.39 is 10.0 Å². The molecular formula is C16H20N4O2S. The third kappa shape index (κ3) is 4.33. The van der Waals surface area contributed by atoms with Crippen LogP contribution in [0.4, 0.5) is 5.82 Å². The number of nitriles is 1. The van der Waals surface area contributed by atoms with E-state index in [2.05, 4.69) is 9.82 Å². The minimum Gasteiger partial charge on any atom is -0.264 e. The lowest BCUT2D eigenvalue weighted by molar-refractivity contribution is 0.356. The third-order valence-corrected chi connectivity index (χ3v) is 4.43. The Morgan fingerprint density at radius 3 is 2.61 bits per heavy atom. The Kier molecular flexibility index (Phi) is 4.48. The average molecular weight is 332 g/mol. The van der Waals surface area contributed by atoms with Crippen molar-refractivity contribution in [3.8, 4) is 6.07 Å². The Bertz CT molecular complexity index is 855. The third-order valence-electron chi connectivity index (χ3n) is 3.21. The fourth-order valence-corrected chi connectivity index (χ4v) is 3.22. The van der Waals surface area contributed by atoms with Gasteiger partial charge in [0.2, 0.25) is 10.0 Å². The van der Waals surface area contributed by atoms with E-state index in [-0.39, 0.29) is 22.7 Å². The second kappa shape index (κ2) is 6.05. The van der Waals surface area contributed by atoms with Crippen molar-refractivity contribution < 1.29 is 8.42 Å². The smallest absolute Gasteiger partial charge is 0.238 e. The largest absolute Gasteiger partial charge is 0.264 e. The van der Waals surface area contributed by atoms with E-state index in [4.69, 9.17) is 0 Å². The number of hydrogen-bond acceptors (Lipinski definition) is 4. The van der Waals surface area contributed by atoms with Crippen molar-refractivity contribution in [2.75, 3.05) is 4.72 Å². The van der Waals surface area contributed by atoms with Gasteiger partial charge in [-0.1, -0.05) is 29.8 Å². The van der Waals surface area contributed by atoms with E-state index in [1.807, 2.05) is 52.0 Å². The molecule has 6 nitrogen and oxygen atoms in total. The minimum atomic E-state index is -3.65. The quantitative estimate of drug-likeness (QED) is 0.932. The molecule has 23 heavy (non-hydrogen) atoms. The molecule has 0 fully saturated rings. The Morgan fingerprint density at radius 2 is 2.04 bits per heavy atom. The summed E-state index contributed by atoms with van der Waals surface area (Å²) in [6, 6.07) is 9.27. The molecule has 0 saturated heterocycles. The molecule has 0 atom stereocenters. The van der Waals surface area contributed by atoms with Gasteiger partial charge in [0, 0.05) is 6.20 Å². The molecule has 7 heteroatoms. The van der Waals surface area contributed by atoms with Crippen LogP contribution in [0.15, 0.2) is 30.5 Å². The molecule has 0 unspecified atom stereocenters. The number of rotatable bonds is 4. The van der Waals surface area contributed by atoms with Crippen molar-refractivity contribution >= 4 is 15.8 Å². The first-order valence-corrected chi connectivity index (χ1v) is 8.82. The van der Waals surface area contributed by atoms with E-state index in [9.17, 15) is 13.7 Å². The van der Waals surface area contributed by atoms with Gasteiger partial charge in [-0.15, -0.1) is 0 Å². The van der Waals surface area contributed by atoms with Crippen molar-refractivity contribution in [3.63, 3.8) is 0 Å². The van der Waals surface area contributed by atoms with Gasteiger partial charge in [-0.3, -0.25) is 9.40 Å². The molecule has 0 bridgehead atoms. The highest BCUT2D eigenvalue weighted by Crippen LogP contribution is 2.21. The SMILES string of the molecule is Cc1cccc(CS(=O)(=O)Nc2nn(C(C)(C)C)cc2C#N)c1. The number of sulfonamides is 1. The lowest BCUT2D eigenvalue weighted by Crippen LogP contribution is -2.23. The van der Waals surface area contributed by atoms with E-state index in [0.717, 1.165) is 5.56 Å². The first kappa shape index (κ1) is 17.0. The predicted molar refractivity (Wildman–Crippen MR) is 89.4 cm³/mol. The maximum absolute atomic E-state index is 12.3. The van der Waals surface area contributed by atoms with Crippen molar-refractivity contribution in [1.29, 1.82) is 5.26 Å². The minimum absolute atomic E-state index is 0.0649. The standard InChI is InChI=1S/C16H20N4O2S/c1-12-6-5-7-13(8-12)11-23(21,22)19-15-14(9-17)10-20(18-15)16(2,3)4/h5-8,10H,11H2,1-4H3,(H,18,19). The Labute approximate surface area is 136 Å². The summed E-state index contributed by atoms with van der Waals surface area (Å²) in [5.74, 6) is -0.0999. The summed E-state index contributed by atoms with van der Waals surface area (Å²) in [4.78, 5) is 0. The van der Waals surface area contributed by atoms with Crippen LogP contribution in [0.1, 0.15) is 37.5 Å². The molecule has 0 aliphatic heterocycles. The molecule has 0 aliphatic rings. The van der Waals surface area contributed by atoms with Crippen molar-refractivity contribution in [2.45, 2.75) is 39.0 Å². The van der Waals surface area contributed by atoms with Crippen LogP contribution in [0.2, 0.25) is 0 Å². The van der Waals surface area contributed by atoms with Crippen LogP contribution in [0.3, 0.4) is 0 Å². The maximum Gasteiger partial charge on any atom is 0.238 e. The summed E-state index contributed by atoms with van der Waals surface area (Å²) >= 11 is 0. The van der Waals surface area contributed by atoms with Crippen LogP contribution in [-0.2, 0) is 21.3 Å². The van der Waals surface area contributed by atoms with Crippen molar-refractivity contribution in [1.82, 2.24) is 9.78 Å². The molecular weight excluding hydrogens is 312 g/mol. The zero-order valence-corrected chi connectivity index (χ0v) is 14.5. The lowest BCUT2D eigenvalue weighted by Gasteiger charge is -2.18. The second-order valence-corrected chi connectivity index (χ2v) is 8.19. The molecule has 2 rings (SSSR count). The molecule has 0 spiro atoms. The van der Waals surface area contributed by atoms with Gasteiger partial charge < -0.3 is 0 Å². The highest BCUT2D eigenvalue weighted by atomic mass is 32.2. The van der Waals surface area contributed by atoms with E-state index >= 15 is 0 Å². The van der Waals surface area contributed by atoms with Gasteiger partial charge in [-0.05, 0) is 33.3 Å². The summed E-state index contributed by atoms with van der Waals surface area (Å²) in [6.07, 6.45) is 1.55. The number of hydrogen-bond donors (Lipinski definition) is 1. The van der Waals surface area contributed by atoms with Gasteiger partial charge >= 0.3 is 0 Å². The number of anilines is 1. The van der Waals surface area contributed by atoms with Gasteiger partial charge in [0.1, 0.15) is 11.6 Å². The summed E-state index contributed by atoms with van der Waals surface area (Å²) < 4.78 is 28.7. The fraction of sp³-hybridized carbons (Fsp3) is 0.375. The molecule has 0 amide bonds. The van der Waals surface area contributed by atoms with Gasteiger partial charge in [0.05, 0.1) is 11.3 Å². The number of aromatic nitrogens is 2. The molecule has 0 aliphatic carbocycles. The Balaban J connectivity index is 2.27. The number of nitrogens with one attached hydrogen (secondary N) is 1. The molecule has 2 aromatic rings. The monoisotopic (exact) mass is 332 g/mol. The number of benzene rings is 1. The van der Waals surface area contributed by atoms with E-state index in [0.29, 0.717) is 5.56 Å². The average Bonchev–Trinajstić information content (AvgIpc) is 2.80. The molecule has 1 aromatic heterocycles. The number of aryl methyl sites for hydroxylation is 1. The highest BCUT2D eigenvalue weighted by molar-refractivity contribution is 7.91. The Morgan fingerprint density at radius 1 is 1.35 bits per heavy atom. The van der Waals surface area contributed by atoms with Crippen LogP contribution in [0, 0.1) is 18.3 Å². The second-order valence-electron chi connectivity index (χ2n) is 6.47. The van der Waals surface area contributed by atoms with E-state index in [1.165, 1.54) is 0 Å². The molecule has 122 valence electrons. The lowest BCUT2D eigenvalue weighted by atomic mass is 10.1. The first-order chi connectivity index (χ1) is 10.6. The molecule has 1 N–H and O–H groups in total. The highest BCUT2D eigenvalue weighted by Gasteiger charge is 2.21. The van der Waals surface area contributed by atoms with Gasteiger partial charge in [0.25, 0.3) is 0 Å². The maximum atomic E-state index is 12.3. The van der Waals surface area contributed by atoms with Crippen LogP contribution in [-0.4, -0.2) is 18.2 Å². The molecule has 1 heterocycles. The molecule has 0 saturated carbocycles. The van der Waals surface area contributed by atoms with Gasteiger partial charge in [-0.25, -0.2) is 8.42 Å².